The maximum absolute atomic E-state index is 14.6. The number of dihydropyridines is 1. The van der Waals surface area contributed by atoms with Crippen molar-refractivity contribution in [2.24, 2.45) is 0 Å². The molecule has 5 nitrogen and oxygen atoms in total. The molecule has 11 heteroatoms. The Balaban J connectivity index is 3.01. The molecule has 1 heterocycles. The summed E-state index contributed by atoms with van der Waals surface area (Å²) in [5.74, 6) is -6.62. The van der Waals surface area contributed by atoms with Gasteiger partial charge in [0, 0.05) is 11.3 Å². The molecule has 0 spiro atoms. The number of hydrogen-bond donors (Lipinski definition) is 2. The van der Waals surface area contributed by atoms with Crippen molar-refractivity contribution in [1.29, 1.82) is 0 Å². The van der Waals surface area contributed by atoms with Crippen molar-refractivity contribution in [3.05, 3.63) is 56.6 Å². The zero-order valence-electron chi connectivity index (χ0n) is 14.4. The zero-order valence-corrected chi connectivity index (χ0v) is 15.1. The Morgan fingerprint density at radius 1 is 1.29 bits per heavy atom. The molecule has 0 amide bonds. The molecule has 2 N–H and O–H groups in total. The number of carbonyl (C=O) groups excluding carboxylic acids is 1. The summed E-state index contributed by atoms with van der Waals surface area (Å²) in [5, 5.41) is 10.9. The summed E-state index contributed by atoms with van der Waals surface area (Å²) < 4.78 is 73.5. The largest absolute Gasteiger partial charge is 0.478 e. The number of methoxy groups -OCH3 is 1. The molecule has 152 valence electrons. The van der Waals surface area contributed by atoms with E-state index in [2.05, 4.69) is 10.1 Å². The first-order valence-corrected chi connectivity index (χ1v) is 7.96. The molecule has 1 aromatic rings. The van der Waals surface area contributed by atoms with Gasteiger partial charge in [0.1, 0.15) is 12.5 Å². The predicted molar refractivity (Wildman–Crippen MR) is 87.6 cm³/mol. The summed E-state index contributed by atoms with van der Waals surface area (Å²) in [6.07, 6.45) is -5.19. The van der Waals surface area contributed by atoms with Crippen LogP contribution in [0.5, 0.6) is 0 Å². The van der Waals surface area contributed by atoms with E-state index >= 15 is 0 Å². The summed E-state index contributed by atoms with van der Waals surface area (Å²) in [5.41, 5.74) is -5.22. The molecule has 0 fully saturated rings. The lowest BCUT2D eigenvalue weighted by atomic mass is 9.78. The van der Waals surface area contributed by atoms with Crippen molar-refractivity contribution in [3.8, 4) is 0 Å². The number of nitrogens with one attached hydrogen (secondary N) is 1. The standard InChI is InChI=1S/C17H13ClF5NO4/c1-6-10(15(25)26)13(12(16(27)28-2)9(5-19)24-6)11-8(20)4-3-7(18)14(11)17(21,22)23/h3-4,13,24H,5H2,1-2H3,(H,25,26). The van der Waals surface area contributed by atoms with Crippen molar-refractivity contribution in [3.63, 3.8) is 0 Å². The van der Waals surface area contributed by atoms with Gasteiger partial charge in [0.05, 0.1) is 40.5 Å². The summed E-state index contributed by atoms with van der Waals surface area (Å²) >= 11 is 5.63. The van der Waals surface area contributed by atoms with Crippen molar-refractivity contribution < 1.29 is 41.4 Å². The van der Waals surface area contributed by atoms with Crippen LogP contribution in [0.4, 0.5) is 22.0 Å². The highest BCUT2D eigenvalue weighted by atomic mass is 35.5. The number of halogens is 6. The Kier molecular flexibility index (Phi) is 6.03. The van der Waals surface area contributed by atoms with Gasteiger partial charge in [-0.1, -0.05) is 11.6 Å². The van der Waals surface area contributed by atoms with E-state index in [0.717, 1.165) is 14.0 Å². The van der Waals surface area contributed by atoms with E-state index < -0.39 is 69.5 Å². The Morgan fingerprint density at radius 2 is 1.89 bits per heavy atom. The van der Waals surface area contributed by atoms with Gasteiger partial charge < -0.3 is 15.2 Å². The number of hydrogen-bond acceptors (Lipinski definition) is 4. The minimum atomic E-state index is -5.19. The third kappa shape index (κ3) is 3.68. The normalized spacial score (nSPS) is 17.5. The molecule has 2 rings (SSSR count). The number of allylic oxidation sites excluding steroid dienone is 2. The molecule has 28 heavy (non-hydrogen) atoms. The maximum Gasteiger partial charge on any atom is 0.418 e. The van der Waals surface area contributed by atoms with E-state index in [1.807, 2.05) is 0 Å². The lowest BCUT2D eigenvalue weighted by Gasteiger charge is -2.31. The molecule has 0 aliphatic carbocycles. The Labute approximate surface area is 160 Å². The van der Waals surface area contributed by atoms with Crippen molar-refractivity contribution in [1.82, 2.24) is 5.32 Å². The average Bonchev–Trinajstić information content (AvgIpc) is 2.60. The molecular formula is C17H13ClF5NO4. The van der Waals surface area contributed by atoms with E-state index in [1.165, 1.54) is 0 Å². The van der Waals surface area contributed by atoms with Crippen LogP contribution in [0.25, 0.3) is 0 Å². The van der Waals surface area contributed by atoms with Crippen LogP contribution in [0.15, 0.2) is 34.7 Å². The van der Waals surface area contributed by atoms with Crippen LogP contribution in [0, 0.1) is 5.82 Å². The van der Waals surface area contributed by atoms with Crippen LogP contribution < -0.4 is 5.32 Å². The highest BCUT2D eigenvalue weighted by Gasteiger charge is 2.46. The molecule has 0 saturated heterocycles. The minimum absolute atomic E-state index is 0.259. The Morgan fingerprint density at radius 3 is 2.36 bits per heavy atom. The summed E-state index contributed by atoms with van der Waals surface area (Å²) in [4.78, 5) is 24.0. The van der Waals surface area contributed by atoms with E-state index in [1.54, 1.807) is 0 Å². The van der Waals surface area contributed by atoms with E-state index in [9.17, 15) is 36.6 Å². The van der Waals surface area contributed by atoms with Crippen molar-refractivity contribution in [2.75, 3.05) is 13.8 Å². The zero-order chi connectivity index (χ0) is 21.4. The molecule has 0 aromatic heterocycles. The number of ether oxygens (including phenoxy) is 1. The molecule has 1 aliphatic rings. The Hall–Kier alpha value is -2.62. The van der Waals surface area contributed by atoms with Crippen molar-refractivity contribution in [2.45, 2.75) is 19.0 Å². The quantitative estimate of drug-likeness (QED) is 0.564. The van der Waals surface area contributed by atoms with Gasteiger partial charge in [-0.05, 0) is 19.1 Å². The number of carboxylic acids is 1. The third-order valence-corrected chi connectivity index (χ3v) is 4.44. The van der Waals surface area contributed by atoms with Crippen LogP contribution >= 0.6 is 11.6 Å². The number of rotatable bonds is 4. The fourth-order valence-corrected chi connectivity index (χ4v) is 3.33. The molecule has 0 saturated carbocycles. The summed E-state index contributed by atoms with van der Waals surface area (Å²) in [7, 11) is 0.868. The van der Waals surface area contributed by atoms with Gasteiger partial charge >= 0.3 is 18.1 Å². The van der Waals surface area contributed by atoms with Gasteiger partial charge in [-0.25, -0.2) is 18.4 Å². The molecule has 1 aliphatic heterocycles. The van der Waals surface area contributed by atoms with Crippen LogP contribution in [0.2, 0.25) is 5.02 Å². The van der Waals surface area contributed by atoms with E-state index in [4.69, 9.17) is 11.6 Å². The van der Waals surface area contributed by atoms with Gasteiger partial charge in [-0.2, -0.15) is 13.2 Å². The number of esters is 1. The maximum atomic E-state index is 14.6. The fourth-order valence-electron chi connectivity index (χ4n) is 3.06. The number of alkyl halides is 4. The highest BCUT2D eigenvalue weighted by molar-refractivity contribution is 6.31. The molecule has 1 atom stereocenters. The summed E-state index contributed by atoms with van der Waals surface area (Å²) in [6.45, 7) is -0.218. The van der Waals surface area contributed by atoms with E-state index in [0.29, 0.717) is 12.1 Å². The molecule has 1 aromatic carbocycles. The van der Waals surface area contributed by atoms with Gasteiger partial charge in [-0.3, -0.25) is 0 Å². The van der Waals surface area contributed by atoms with Crippen LogP contribution in [0.3, 0.4) is 0 Å². The van der Waals surface area contributed by atoms with Crippen LogP contribution in [-0.4, -0.2) is 30.8 Å². The first kappa shape index (κ1) is 21.7. The summed E-state index contributed by atoms with van der Waals surface area (Å²) in [6, 6.07) is 1.26. The number of aliphatic carboxylic acids is 1. The average molecular weight is 426 g/mol. The molecular weight excluding hydrogens is 413 g/mol. The third-order valence-electron chi connectivity index (χ3n) is 4.13. The fraction of sp³-hybridized carbons (Fsp3) is 0.294. The van der Waals surface area contributed by atoms with Gasteiger partial charge in [0.25, 0.3) is 0 Å². The van der Waals surface area contributed by atoms with Crippen LogP contribution in [-0.2, 0) is 20.5 Å². The monoisotopic (exact) mass is 425 g/mol. The second-order valence-electron chi connectivity index (χ2n) is 5.73. The number of benzene rings is 1. The van der Waals surface area contributed by atoms with Gasteiger partial charge in [0.2, 0.25) is 0 Å². The second kappa shape index (κ2) is 7.78. The lowest BCUT2D eigenvalue weighted by Crippen LogP contribution is -2.34. The lowest BCUT2D eigenvalue weighted by molar-refractivity contribution is -0.140. The van der Waals surface area contributed by atoms with Gasteiger partial charge in [-0.15, -0.1) is 0 Å². The predicted octanol–water partition coefficient (Wildman–Crippen LogP) is 3.94. The first-order chi connectivity index (χ1) is 12.9. The topological polar surface area (TPSA) is 75.6 Å². The SMILES string of the molecule is COC(=O)C1=C(CF)NC(C)=C(C(=O)O)C1c1c(F)ccc(Cl)c1C(F)(F)F. The number of carbonyl (C=O) groups is 2. The molecule has 0 bridgehead atoms. The van der Waals surface area contributed by atoms with E-state index in [-0.39, 0.29) is 5.70 Å². The van der Waals surface area contributed by atoms with Gasteiger partial charge in [0.15, 0.2) is 0 Å². The van der Waals surface area contributed by atoms with Crippen LogP contribution in [0.1, 0.15) is 24.0 Å². The molecule has 0 radical (unpaired) electrons. The second-order valence-corrected chi connectivity index (χ2v) is 6.14. The first-order valence-electron chi connectivity index (χ1n) is 7.59. The smallest absolute Gasteiger partial charge is 0.418 e. The minimum Gasteiger partial charge on any atom is -0.478 e. The number of carboxylic acid groups (broad SMARTS) is 1. The van der Waals surface area contributed by atoms with Crippen molar-refractivity contribution >= 4 is 23.5 Å². The Bertz CT molecular complexity index is 908. The molecule has 1 unspecified atom stereocenters. The highest BCUT2D eigenvalue weighted by Crippen LogP contribution is 2.47.